The molecule has 1 aliphatic heterocycles. The second-order valence-electron chi connectivity index (χ2n) is 7.59. The number of rotatable bonds is 4. The average molecular weight is 410 g/mol. The molecule has 0 radical (unpaired) electrons. The molecule has 1 fully saturated rings. The number of carbonyl (C=O) groups is 1. The van der Waals surface area contributed by atoms with E-state index in [9.17, 15) is 4.79 Å². The van der Waals surface area contributed by atoms with Crippen molar-refractivity contribution in [1.29, 1.82) is 0 Å². The van der Waals surface area contributed by atoms with Gasteiger partial charge in [-0.3, -0.25) is 4.90 Å². The summed E-state index contributed by atoms with van der Waals surface area (Å²) in [5.41, 5.74) is 2.26. The molecule has 1 aromatic rings. The molecule has 0 unspecified atom stereocenters. The highest BCUT2D eigenvalue weighted by molar-refractivity contribution is 6.42. The van der Waals surface area contributed by atoms with Crippen molar-refractivity contribution in [2.24, 2.45) is 0 Å². The third kappa shape index (κ3) is 6.70. The lowest BCUT2D eigenvalue weighted by atomic mass is 9.98. The van der Waals surface area contributed by atoms with Crippen molar-refractivity contribution in [2.45, 2.75) is 57.4 Å². The summed E-state index contributed by atoms with van der Waals surface area (Å²) in [6.45, 7) is 3.17. The fraction of sp³-hybridized carbons (Fsp3) is 0.571. The highest BCUT2D eigenvalue weighted by Gasteiger charge is 2.21. The minimum atomic E-state index is -0.186. The molecule has 3 rings (SSSR count). The van der Waals surface area contributed by atoms with Gasteiger partial charge in [-0.05, 0) is 56.7 Å². The van der Waals surface area contributed by atoms with Crippen molar-refractivity contribution in [2.75, 3.05) is 25.0 Å². The topological polar surface area (TPSA) is 44.4 Å². The van der Waals surface area contributed by atoms with E-state index in [1.54, 1.807) is 23.8 Å². The summed E-state index contributed by atoms with van der Waals surface area (Å²) < 4.78 is 0. The van der Waals surface area contributed by atoms with Crippen LogP contribution in [0.1, 0.15) is 51.4 Å². The molecule has 1 heterocycles. The van der Waals surface area contributed by atoms with Crippen molar-refractivity contribution in [1.82, 2.24) is 10.2 Å². The van der Waals surface area contributed by atoms with Gasteiger partial charge in [0.25, 0.3) is 0 Å². The third-order valence-electron chi connectivity index (χ3n) is 5.41. The summed E-state index contributed by atoms with van der Waals surface area (Å²) in [5.74, 6) is 0. The third-order valence-corrected chi connectivity index (χ3v) is 6.15. The van der Waals surface area contributed by atoms with Crippen LogP contribution in [0.25, 0.3) is 0 Å². The molecule has 0 bridgehead atoms. The number of nitrogens with zero attached hydrogens (tertiary/aromatic N) is 1. The second-order valence-corrected chi connectivity index (χ2v) is 8.41. The summed E-state index contributed by atoms with van der Waals surface area (Å²) >= 11 is 11.9. The van der Waals surface area contributed by atoms with Crippen LogP contribution < -0.4 is 10.6 Å². The fourth-order valence-corrected chi connectivity index (χ4v) is 4.15. The number of likely N-dealkylation sites (tertiary alicyclic amines) is 1. The fourth-order valence-electron chi connectivity index (χ4n) is 3.85. The molecule has 1 saturated heterocycles. The Labute approximate surface area is 172 Å². The minimum Gasteiger partial charge on any atom is -0.335 e. The maximum atomic E-state index is 12.2. The zero-order valence-electron chi connectivity index (χ0n) is 15.8. The second kappa shape index (κ2) is 10.4. The van der Waals surface area contributed by atoms with Crippen LogP contribution in [0.3, 0.4) is 0 Å². The first-order valence-corrected chi connectivity index (χ1v) is 10.8. The molecule has 0 atom stereocenters. The highest BCUT2D eigenvalue weighted by atomic mass is 35.5. The number of urea groups is 1. The molecule has 2 aliphatic rings. The maximum absolute atomic E-state index is 12.2. The van der Waals surface area contributed by atoms with Gasteiger partial charge in [0, 0.05) is 31.4 Å². The Morgan fingerprint density at radius 3 is 2.63 bits per heavy atom. The van der Waals surface area contributed by atoms with Crippen LogP contribution in [0.2, 0.25) is 10.0 Å². The van der Waals surface area contributed by atoms with Gasteiger partial charge in [0.05, 0.1) is 10.0 Å². The van der Waals surface area contributed by atoms with Crippen LogP contribution in [0.4, 0.5) is 10.5 Å². The summed E-state index contributed by atoms with van der Waals surface area (Å²) in [6, 6.07) is 5.13. The van der Waals surface area contributed by atoms with Gasteiger partial charge < -0.3 is 10.6 Å². The Morgan fingerprint density at radius 2 is 1.85 bits per heavy atom. The van der Waals surface area contributed by atoms with E-state index in [0.717, 1.165) is 32.5 Å². The molecule has 1 aromatic carbocycles. The van der Waals surface area contributed by atoms with Gasteiger partial charge in [-0.1, -0.05) is 47.7 Å². The summed E-state index contributed by atoms with van der Waals surface area (Å²) in [7, 11) is 0. The molecular formula is C21H29Cl2N3O. The smallest absolute Gasteiger partial charge is 0.319 e. The van der Waals surface area contributed by atoms with Crippen molar-refractivity contribution < 1.29 is 4.79 Å². The maximum Gasteiger partial charge on any atom is 0.319 e. The SMILES string of the molecule is O=C(Nc1ccc(Cl)c(Cl)c1)NC1CCN(C/C2=C/CCCCCC2)CC1. The summed E-state index contributed by atoms with van der Waals surface area (Å²) in [6.07, 6.45) is 12.4. The summed E-state index contributed by atoms with van der Waals surface area (Å²) in [4.78, 5) is 14.8. The first-order chi connectivity index (χ1) is 13.1. The number of benzene rings is 1. The summed E-state index contributed by atoms with van der Waals surface area (Å²) in [5, 5.41) is 6.82. The molecule has 1 aliphatic carbocycles. The number of anilines is 1. The Bertz CT molecular complexity index is 669. The van der Waals surface area contributed by atoms with Crippen molar-refractivity contribution in [3.63, 3.8) is 0 Å². The molecule has 2 amide bonds. The van der Waals surface area contributed by atoms with Crippen LogP contribution >= 0.6 is 23.2 Å². The van der Waals surface area contributed by atoms with E-state index in [0.29, 0.717) is 15.7 Å². The number of halogens is 2. The molecule has 148 valence electrons. The molecule has 0 saturated carbocycles. The zero-order valence-corrected chi connectivity index (χ0v) is 17.3. The minimum absolute atomic E-state index is 0.186. The highest BCUT2D eigenvalue weighted by Crippen LogP contribution is 2.25. The van der Waals surface area contributed by atoms with Gasteiger partial charge in [-0.15, -0.1) is 0 Å². The normalized spacial score (nSPS) is 21.6. The van der Waals surface area contributed by atoms with E-state index >= 15 is 0 Å². The molecule has 0 aromatic heterocycles. The van der Waals surface area contributed by atoms with E-state index in [-0.39, 0.29) is 12.1 Å². The van der Waals surface area contributed by atoms with E-state index in [1.165, 1.54) is 38.5 Å². The van der Waals surface area contributed by atoms with E-state index in [4.69, 9.17) is 23.2 Å². The number of nitrogens with one attached hydrogen (secondary N) is 2. The zero-order chi connectivity index (χ0) is 19.1. The van der Waals surface area contributed by atoms with Crippen LogP contribution in [-0.2, 0) is 0 Å². The van der Waals surface area contributed by atoms with E-state index in [2.05, 4.69) is 21.6 Å². The molecule has 0 spiro atoms. The van der Waals surface area contributed by atoms with Crippen LogP contribution in [0.5, 0.6) is 0 Å². The lowest BCUT2D eigenvalue weighted by Crippen LogP contribution is -2.46. The van der Waals surface area contributed by atoms with Crippen molar-refractivity contribution in [3.8, 4) is 0 Å². The largest absolute Gasteiger partial charge is 0.335 e. The first-order valence-electron chi connectivity index (χ1n) is 10.0. The van der Waals surface area contributed by atoms with Gasteiger partial charge in [0.2, 0.25) is 0 Å². The molecule has 2 N–H and O–H groups in total. The predicted octanol–water partition coefficient (Wildman–Crippen LogP) is 5.86. The average Bonchev–Trinajstić information content (AvgIpc) is 2.62. The Morgan fingerprint density at radius 1 is 1.07 bits per heavy atom. The number of piperidine rings is 1. The van der Waals surface area contributed by atoms with Crippen molar-refractivity contribution >= 4 is 34.9 Å². The first kappa shape index (κ1) is 20.5. The quantitative estimate of drug-likeness (QED) is 0.611. The Balaban J connectivity index is 1.40. The molecular weight excluding hydrogens is 381 g/mol. The Hall–Kier alpha value is -1.23. The molecule has 4 nitrogen and oxygen atoms in total. The van der Waals surface area contributed by atoms with Gasteiger partial charge in [0.15, 0.2) is 0 Å². The van der Waals surface area contributed by atoms with Gasteiger partial charge in [-0.25, -0.2) is 4.79 Å². The number of hydrogen-bond donors (Lipinski definition) is 2. The van der Waals surface area contributed by atoms with E-state index < -0.39 is 0 Å². The number of hydrogen-bond acceptors (Lipinski definition) is 2. The number of carbonyl (C=O) groups excluding carboxylic acids is 1. The standard InChI is InChI=1S/C21H29Cl2N3O/c22-19-9-8-18(14-20(19)23)25-21(27)24-17-10-12-26(13-11-17)15-16-6-4-2-1-3-5-7-16/h6,8-9,14,17H,1-5,7,10-13,15H2,(H2,24,25,27)/b16-6+. The number of amides is 2. The lowest BCUT2D eigenvalue weighted by molar-refractivity contribution is 0.205. The lowest BCUT2D eigenvalue weighted by Gasteiger charge is -2.33. The van der Waals surface area contributed by atoms with Crippen LogP contribution in [-0.4, -0.2) is 36.6 Å². The van der Waals surface area contributed by atoms with Crippen LogP contribution in [0.15, 0.2) is 29.8 Å². The molecule has 6 heteroatoms. The monoisotopic (exact) mass is 409 g/mol. The predicted molar refractivity (Wildman–Crippen MR) is 114 cm³/mol. The van der Waals surface area contributed by atoms with E-state index in [1.807, 2.05) is 0 Å². The van der Waals surface area contributed by atoms with Crippen molar-refractivity contribution in [3.05, 3.63) is 39.9 Å². The van der Waals surface area contributed by atoms with Crippen LogP contribution in [0, 0.1) is 0 Å². The van der Waals surface area contributed by atoms with Gasteiger partial charge >= 0.3 is 6.03 Å². The molecule has 27 heavy (non-hydrogen) atoms. The Kier molecular flexibility index (Phi) is 7.86. The van der Waals surface area contributed by atoms with Gasteiger partial charge in [-0.2, -0.15) is 0 Å². The van der Waals surface area contributed by atoms with Gasteiger partial charge in [0.1, 0.15) is 0 Å². The number of allylic oxidation sites excluding steroid dienone is 1.